The predicted octanol–water partition coefficient (Wildman–Crippen LogP) is 0.314. The molecule has 0 aromatic carbocycles. The lowest BCUT2D eigenvalue weighted by Gasteiger charge is -2.08. The Hall–Kier alpha value is -1.36. The predicted molar refractivity (Wildman–Crippen MR) is 51.9 cm³/mol. The molecule has 5 heteroatoms. The van der Waals surface area contributed by atoms with Gasteiger partial charge in [-0.05, 0) is 6.92 Å². The number of aromatic nitrogens is 1. The van der Waals surface area contributed by atoms with Crippen molar-refractivity contribution in [1.82, 2.24) is 10.5 Å². The van der Waals surface area contributed by atoms with E-state index in [9.17, 15) is 4.79 Å². The van der Waals surface area contributed by atoms with Crippen LogP contribution in [-0.2, 0) is 6.42 Å². The summed E-state index contributed by atoms with van der Waals surface area (Å²) in [5, 5.41) is 6.34. The molecule has 14 heavy (non-hydrogen) atoms. The van der Waals surface area contributed by atoms with Crippen LogP contribution in [0.25, 0.3) is 0 Å². The summed E-state index contributed by atoms with van der Waals surface area (Å²) >= 11 is 0. The first-order valence-electron chi connectivity index (χ1n) is 4.63. The SMILES string of the molecule is CCc1cc(C(=O)NC(C)CN)no1. The third-order valence-electron chi connectivity index (χ3n) is 1.87. The summed E-state index contributed by atoms with van der Waals surface area (Å²) < 4.78 is 4.91. The Morgan fingerprint density at radius 3 is 3.00 bits per heavy atom. The van der Waals surface area contributed by atoms with Crippen molar-refractivity contribution < 1.29 is 9.32 Å². The molecule has 0 saturated heterocycles. The number of nitrogens with one attached hydrogen (secondary N) is 1. The van der Waals surface area contributed by atoms with Gasteiger partial charge in [0, 0.05) is 25.1 Å². The standard InChI is InChI=1S/C9H15N3O2/c1-3-7-4-8(12-14-7)9(13)11-6(2)5-10/h4,6H,3,5,10H2,1-2H3,(H,11,13). The van der Waals surface area contributed by atoms with Crippen LogP contribution >= 0.6 is 0 Å². The fraction of sp³-hybridized carbons (Fsp3) is 0.556. The lowest BCUT2D eigenvalue weighted by molar-refractivity contribution is 0.0932. The summed E-state index contributed by atoms with van der Waals surface area (Å²) in [6.07, 6.45) is 0.729. The average Bonchev–Trinajstić information content (AvgIpc) is 2.65. The topological polar surface area (TPSA) is 81.2 Å². The molecule has 0 aliphatic carbocycles. The van der Waals surface area contributed by atoms with Gasteiger partial charge >= 0.3 is 0 Å². The number of amides is 1. The fourth-order valence-corrected chi connectivity index (χ4v) is 0.943. The van der Waals surface area contributed by atoms with Gasteiger partial charge in [-0.15, -0.1) is 0 Å². The lowest BCUT2D eigenvalue weighted by atomic mass is 10.3. The summed E-state index contributed by atoms with van der Waals surface area (Å²) in [5.74, 6) is 0.460. The van der Waals surface area contributed by atoms with E-state index in [0.29, 0.717) is 18.0 Å². The van der Waals surface area contributed by atoms with E-state index in [2.05, 4.69) is 10.5 Å². The second kappa shape index (κ2) is 4.76. The van der Waals surface area contributed by atoms with Gasteiger partial charge < -0.3 is 15.6 Å². The molecule has 1 rings (SSSR count). The molecule has 78 valence electrons. The first-order valence-corrected chi connectivity index (χ1v) is 4.63. The Labute approximate surface area is 82.6 Å². The lowest BCUT2D eigenvalue weighted by Crippen LogP contribution is -2.37. The zero-order valence-corrected chi connectivity index (χ0v) is 8.41. The molecule has 1 heterocycles. The van der Waals surface area contributed by atoms with Crippen molar-refractivity contribution in [3.8, 4) is 0 Å². The number of carbonyl (C=O) groups excluding carboxylic acids is 1. The molecule has 1 amide bonds. The summed E-state index contributed by atoms with van der Waals surface area (Å²) in [5.41, 5.74) is 5.68. The molecule has 1 aromatic rings. The van der Waals surface area contributed by atoms with Crippen LogP contribution in [0.1, 0.15) is 30.1 Å². The monoisotopic (exact) mass is 197 g/mol. The first kappa shape index (κ1) is 10.7. The molecule has 0 radical (unpaired) electrons. The normalized spacial score (nSPS) is 12.5. The quantitative estimate of drug-likeness (QED) is 0.728. The molecule has 5 nitrogen and oxygen atoms in total. The number of nitrogens with two attached hydrogens (primary N) is 1. The molecule has 0 aliphatic rings. The Bertz CT molecular complexity index is 309. The number of aryl methyl sites for hydroxylation is 1. The largest absolute Gasteiger partial charge is 0.361 e. The van der Waals surface area contributed by atoms with Gasteiger partial charge in [0.15, 0.2) is 5.69 Å². The zero-order chi connectivity index (χ0) is 10.6. The van der Waals surface area contributed by atoms with Gasteiger partial charge in [-0.2, -0.15) is 0 Å². The van der Waals surface area contributed by atoms with Crippen molar-refractivity contribution in [2.45, 2.75) is 26.3 Å². The van der Waals surface area contributed by atoms with Gasteiger partial charge in [-0.3, -0.25) is 4.79 Å². The van der Waals surface area contributed by atoms with Crippen LogP contribution in [0.15, 0.2) is 10.6 Å². The second-order valence-corrected chi connectivity index (χ2v) is 3.14. The number of carbonyl (C=O) groups is 1. The van der Waals surface area contributed by atoms with Crippen molar-refractivity contribution in [2.24, 2.45) is 5.73 Å². The van der Waals surface area contributed by atoms with Gasteiger partial charge in [0.1, 0.15) is 5.76 Å². The van der Waals surface area contributed by atoms with Gasteiger partial charge in [-0.25, -0.2) is 0 Å². The number of hydrogen-bond acceptors (Lipinski definition) is 4. The van der Waals surface area contributed by atoms with E-state index in [1.165, 1.54) is 0 Å². The van der Waals surface area contributed by atoms with Crippen molar-refractivity contribution in [3.63, 3.8) is 0 Å². The minimum Gasteiger partial charge on any atom is -0.361 e. The van der Waals surface area contributed by atoms with Crippen molar-refractivity contribution in [3.05, 3.63) is 17.5 Å². The van der Waals surface area contributed by atoms with E-state index in [0.717, 1.165) is 6.42 Å². The van der Waals surface area contributed by atoms with Crippen molar-refractivity contribution >= 4 is 5.91 Å². The number of rotatable bonds is 4. The fourth-order valence-electron chi connectivity index (χ4n) is 0.943. The molecule has 3 N–H and O–H groups in total. The maximum atomic E-state index is 11.5. The first-order chi connectivity index (χ1) is 6.67. The van der Waals surface area contributed by atoms with Crippen LogP contribution in [0.3, 0.4) is 0 Å². The van der Waals surface area contributed by atoms with Gasteiger partial charge in [0.2, 0.25) is 0 Å². The van der Waals surface area contributed by atoms with E-state index in [1.807, 2.05) is 13.8 Å². The Kier molecular flexibility index (Phi) is 3.64. The van der Waals surface area contributed by atoms with Gasteiger partial charge in [-0.1, -0.05) is 12.1 Å². The Morgan fingerprint density at radius 1 is 1.79 bits per heavy atom. The van der Waals surface area contributed by atoms with Gasteiger partial charge in [0.25, 0.3) is 5.91 Å². The maximum Gasteiger partial charge on any atom is 0.273 e. The van der Waals surface area contributed by atoms with Crippen molar-refractivity contribution in [1.29, 1.82) is 0 Å². The Balaban J connectivity index is 2.60. The third-order valence-corrected chi connectivity index (χ3v) is 1.87. The zero-order valence-electron chi connectivity index (χ0n) is 8.41. The molecule has 0 spiro atoms. The number of nitrogens with zero attached hydrogens (tertiary/aromatic N) is 1. The molecular weight excluding hydrogens is 182 g/mol. The summed E-state index contributed by atoms with van der Waals surface area (Å²) in [4.78, 5) is 11.5. The minimum atomic E-state index is -0.244. The molecule has 0 bridgehead atoms. The van der Waals surface area contributed by atoms with E-state index >= 15 is 0 Å². The van der Waals surface area contributed by atoms with E-state index in [-0.39, 0.29) is 11.9 Å². The third kappa shape index (κ3) is 2.56. The smallest absolute Gasteiger partial charge is 0.273 e. The van der Waals surface area contributed by atoms with E-state index < -0.39 is 0 Å². The van der Waals surface area contributed by atoms with Crippen molar-refractivity contribution in [2.75, 3.05) is 6.54 Å². The van der Waals surface area contributed by atoms with Crippen LogP contribution in [0, 0.1) is 0 Å². The minimum absolute atomic E-state index is 0.0516. The average molecular weight is 197 g/mol. The van der Waals surface area contributed by atoms with Crippen LogP contribution in [0.5, 0.6) is 0 Å². The molecule has 0 fully saturated rings. The highest BCUT2D eigenvalue weighted by atomic mass is 16.5. The maximum absolute atomic E-state index is 11.5. The van der Waals surface area contributed by atoms with E-state index in [4.69, 9.17) is 10.3 Å². The summed E-state index contributed by atoms with van der Waals surface area (Å²) in [7, 11) is 0. The molecule has 1 unspecified atom stereocenters. The molecular formula is C9H15N3O2. The highest BCUT2D eigenvalue weighted by Crippen LogP contribution is 2.03. The van der Waals surface area contributed by atoms with Gasteiger partial charge in [0.05, 0.1) is 0 Å². The number of hydrogen-bond donors (Lipinski definition) is 2. The van der Waals surface area contributed by atoms with Crippen LogP contribution in [0.2, 0.25) is 0 Å². The second-order valence-electron chi connectivity index (χ2n) is 3.14. The molecule has 0 aliphatic heterocycles. The molecule has 1 atom stereocenters. The summed E-state index contributed by atoms with van der Waals surface area (Å²) in [6, 6.07) is 1.59. The van der Waals surface area contributed by atoms with Crippen LogP contribution in [-0.4, -0.2) is 23.7 Å². The Morgan fingerprint density at radius 2 is 2.50 bits per heavy atom. The highest BCUT2D eigenvalue weighted by Gasteiger charge is 2.13. The van der Waals surface area contributed by atoms with Crippen LogP contribution in [0.4, 0.5) is 0 Å². The van der Waals surface area contributed by atoms with E-state index in [1.54, 1.807) is 6.07 Å². The molecule has 1 aromatic heterocycles. The highest BCUT2D eigenvalue weighted by molar-refractivity contribution is 5.92. The van der Waals surface area contributed by atoms with Crippen LogP contribution < -0.4 is 11.1 Å². The summed E-state index contributed by atoms with van der Waals surface area (Å²) in [6.45, 7) is 4.17. The molecule has 0 saturated carbocycles.